The lowest BCUT2D eigenvalue weighted by atomic mass is 10.1. The van der Waals surface area contributed by atoms with Gasteiger partial charge in [0.05, 0.1) is 24.7 Å². The van der Waals surface area contributed by atoms with Crippen LogP contribution in [0.15, 0.2) is 18.5 Å². The van der Waals surface area contributed by atoms with E-state index in [1.165, 1.54) is 18.4 Å². The predicted octanol–water partition coefficient (Wildman–Crippen LogP) is 3.73. The molecule has 3 aromatic rings. The van der Waals surface area contributed by atoms with Gasteiger partial charge in [0, 0.05) is 44.2 Å². The van der Waals surface area contributed by atoms with E-state index < -0.39 is 0 Å². The van der Waals surface area contributed by atoms with Crippen molar-refractivity contribution < 1.29 is 4.74 Å². The average Bonchev–Trinajstić information content (AvgIpc) is 3.54. The van der Waals surface area contributed by atoms with Crippen molar-refractivity contribution in [3.05, 3.63) is 29.7 Å². The minimum absolute atomic E-state index is 0.609. The van der Waals surface area contributed by atoms with Crippen LogP contribution in [0.4, 0.5) is 11.8 Å². The first-order chi connectivity index (χ1) is 15.0. The molecule has 8 heteroatoms. The molecule has 0 atom stereocenters. The molecule has 31 heavy (non-hydrogen) atoms. The van der Waals surface area contributed by atoms with Gasteiger partial charge < -0.3 is 14.5 Å². The Labute approximate surface area is 184 Å². The fourth-order valence-corrected chi connectivity index (χ4v) is 4.04. The summed E-state index contributed by atoms with van der Waals surface area (Å²) in [5, 5.41) is 5.69. The van der Waals surface area contributed by atoms with E-state index in [1.807, 2.05) is 25.6 Å². The van der Waals surface area contributed by atoms with E-state index in [-0.39, 0.29) is 0 Å². The summed E-state index contributed by atoms with van der Waals surface area (Å²) >= 11 is 0. The zero-order chi connectivity index (χ0) is 22.0. The molecule has 1 saturated carbocycles. The average molecular weight is 424 g/mol. The Bertz CT molecular complexity index is 1020. The lowest BCUT2D eigenvalue weighted by Crippen LogP contribution is -2.30. The van der Waals surface area contributed by atoms with Gasteiger partial charge in [-0.15, -0.1) is 0 Å². The summed E-state index contributed by atoms with van der Waals surface area (Å²) in [6.07, 6.45) is 6.08. The smallest absolute Gasteiger partial charge is 0.225 e. The highest BCUT2D eigenvalue weighted by Gasteiger charge is 2.27. The Morgan fingerprint density at radius 2 is 1.81 bits per heavy atom. The van der Waals surface area contributed by atoms with Crippen LogP contribution < -0.4 is 14.5 Å². The van der Waals surface area contributed by atoms with Crippen molar-refractivity contribution in [3.63, 3.8) is 0 Å². The van der Waals surface area contributed by atoms with Crippen molar-refractivity contribution in [3.8, 4) is 5.75 Å². The maximum absolute atomic E-state index is 5.53. The first-order valence-electron chi connectivity index (χ1n) is 11.3. The molecule has 1 fully saturated rings. The summed E-state index contributed by atoms with van der Waals surface area (Å²) in [6, 6.07) is 2.26. The number of anilines is 2. The summed E-state index contributed by atoms with van der Waals surface area (Å²) < 4.78 is 7.40. The van der Waals surface area contributed by atoms with Crippen LogP contribution in [0.3, 0.4) is 0 Å². The number of hydrogen-bond acceptors (Lipinski definition) is 7. The van der Waals surface area contributed by atoms with Gasteiger partial charge in [0.25, 0.3) is 0 Å². The van der Waals surface area contributed by atoms with E-state index >= 15 is 0 Å². The van der Waals surface area contributed by atoms with Gasteiger partial charge in [0.15, 0.2) is 11.4 Å². The van der Waals surface area contributed by atoms with Crippen molar-refractivity contribution in [2.45, 2.75) is 47.1 Å². The topological polar surface area (TPSA) is 72.2 Å². The van der Waals surface area contributed by atoms with Crippen LogP contribution in [-0.2, 0) is 13.6 Å². The van der Waals surface area contributed by atoms with Crippen LogP contribution in [-0.4, -0.2) is 51.0 Å². The first kappa shape index (κ1) is 21.3. The Balaban J connectivity index is 1.73. The molecule has 0 spiro atoms. The van der Waals surface area contributed by atoms with E-state index in [0.29, 0.717) is 24.8 Å². The standard InChI is InChI=1S/C23H33N7O/c1-6-29(7-2)21-18(11-20-16(4)27-28(5)22(20)26-21)15-30(14-17-9-10-17)23-24-12-19(13-25-23)31-8-3/h11-13,17H,6-10,14-15H2,1-5H3. The van der Waals surface area contributed by atoms with E-state index in [4.69, 9.17) is 9.72 Å². The molecule has 0 unspecified atom stereocenters. The molecule has 3 aromatic heterocycles. The van der Waals surface area contributed by atoms with Crippen LogP contribution in [0.2, 0.25) is 0 Å². The SMILES string of the molecule is CCOc1cnc(N(Cc2cc3c(C)nn(C)c3nc2N(CC)CC)CC2CC2)nc1. The molecule has 0 aromatic carbocycles. The second kappa shape index (κ2) is 9.08. The number of rotatable bonds is 10. The summed E-state index contributed by atoms with van der Waals surface area (Å²) in [4.78, 5) is 18.9. The molecular weight excluding hydrogens is 390 g/mol. The number of ether oxygens (including phenoxy) is 1. The second-order valence-corrected chi connectivity index (χ2v) is 8.20. The van der Waals surface area contributed by atoms with Crippen LogP contribution in [0, 0.1) is 12.8 Å². The van der Waals surface area contributed by atoms with Crippen molar-refractivity contribution >= 4 is 22.8 Å². The third kappa shape index (κ3) is 4.57. The molecule has 3 heterocycles. The molecule has 1 aliphatic carbocycles. The van der Waals surface area contributed by atoms with Crippen molar-refractivity contribution in [1.82, 2.24) is 24.7 Å². The highest BCUT2D eigenvalue weighted by Crippen LogP contribution is 2.33. The Kier molecular flexibility index (Phi) is 6.25. The lowest BCUT2D eigenvalue weighted by Gasteiger charge is -2.27. The molecule has 0 aliphatic heterocycles. The van der Waals surface area contributed by atoms with Gasteiger partial charge in [-0.05, 0) is 52.5 Å². The van der Waals surface area contributed by atoms with E-state index in [0.717, 1.165) is 48.1 Å². The van der Waals surface area contributed by atoms with Gasteiger partial charge in [-0.2, -0.15) is 5.10 Å². The molecule has 0 N–H and O–H groups in total. The molecular formula is C23H33N7O. The van der Waals surface area contributed by atoms with Crippen LogP contribution >= 0.6 is 0 Å². The van der Waals surface area contributed by atoms with E-state index in [9.17, 15) is 0 Å². The van der Waals surface area contributed by atoms with Gasteiger partial charge in [-0.25, -0.2) is 15.0 Å². The van der Waals surface area contributed by atoms with Gasteiger partial charge in [0.1, 0.15) is 5.82 Å². The van der Waals surface area contributed by atoms with Gasteiger partial charge in [-0.1, -0.05) is 0 Å². The van der Waals surface area contributed by atoms with Crippen molar-refractivity contribution in [2.75, 3.05) is 36.0 Å². The molecule has 166 valence electrons. The molecule has 0 radical (unpaired) electrons. The number of hydrogen-bond donors (Lipinski definition) is 0. The summed E-state index contributed by atoms with van der Waals surface area (Å²) in [5.74, 6) is 3.18. The number of aromatic nitrogens is 5. The highest BCUT2D eigenvalue weighted by molar-refractivity contribution is 5.81. The van der Waals surface area contributed by atoms with Crippen LogP contribution in [0.1, 0.15) is 44.9 Å². The number of pyridine rings is 1. The van der Waals surface area contributed by atoms with Gasteiger partial charge in [-0.3, -0.25) is 4.68 Å². The van der Waals surface area contributed by atoms with Crippen LogP contribution in [0.25, 0.3) is 11.0 Å². The van der Waals surface area contributed by atoms with E-state index in [1.54, 1.807) is 12.4 Å². The summed E-state index contributed by atoms with van der Waals surface area (Å²) in [5.41, 5.74) is 3.11. The van der Waals surface area contributed by atoms with Crippen molar-refractivity contribution in [2.24, 2.45) is 13.0 Å². The number of aryl methyl sites for hydroxylation is 2. The largest absolute Gasteiger partial charge is 0.491 e. The molecule has 4 rings (SSSR count). The summed E-state index contributed by atoms with van der Waals surface area (Å²) in [7, 11) is 1.96. The van der Waals surface area contributed by atoms with Gasteiger partial charge in [0.2, 0.25) is 5.95 Å². The minimum atomic E-state index is 0.609. The fourth-order valence-electron chi connectivity index (χ4n) is 4.04. The molecule has 0 bridgehead atoms. The summed E-state index contributed by atoms with van der Waals surface area (Å²) in [6.45, 7) is 12.4. The molecule has 0 amide bonds. The third-order valence-corrected chi connectivity index (χ3v) is 5.86. The minimum Gasteiger partial charge on any atom is -0.491 e. The zero-order valence-corrected chi connectivity index (χ0v) is 19.3. The predicted molar refractivity (Wildman–Crippen MR) is 124 cm³/mol. The quantitative estimate of drug-likeness (QED) is 0.492. The van der Waals surface area contributed by atoms with E-state index in [2.05, 4.69) is 44.8 Å². The highest BCUT2D eigenvalue weighted by atomic mass is 16.5. The normalized spacial score (nSPS) is 13.6. The Hall–Kier alpha value is -2.90. The Morgan fingerprint density at radius 1 is 1.10 bits per heavy atom. The lowest BCUT2D eigenvalue weighted by molar-refractivity contribution is 0.337. The van der Waals surface area contributed by atoms with Crippen molar-refractivity contribution in [1.29, 1.82) is 0 Å². The zero-order valence-electron chi connectivity index (χ0n) is 19.3. The second-order valence-electron chi connectivity index (χ2n) is 8.20. The van der Waals surface area contributed by atoms with Gasteiger partial charge >= 0.3 is 0 Å². The maximum Gasteiger partial charge on any atom is 0.225 e. The van der Waals surface area contributed by atoms with Crippen LogP contribution in [0.5, 0.6) is 5.75 Å². The molecule has 1 aliphatic rings. The fraction of sp³-hybridized carbons (Fsp3) is 0.565. The first-order valence-corrected chi connectivity index (χ1v) is 11.3. The molecule has 0 saturated heterocycles. The third-order valence-electron chi connectivity index (χ3n) is 5.86. The molecule has 8 nitrogen and oxygen atoms in total. The number of nitrogens with zero attached hydrogens (tertiary/aromatic N) is 7. The monoisotopic (exact) mass is 423 g/mol. The number of fused-ring (bicyclic) bond motifs is 1. The maximum atomic E-state index is 5.53. The Morgan fingerprint density at radius 3 is 2.42 bits per heavy atom.